The molecule has 0 aliphatic carbocycles. The van der Waals surface area contributed by atoms with Crippen molar-refractivity contribution in [3.05, 3.63) is 39.9 Å². The molecule has 21 heavy (non-hydrogen) atoms. The molecule has 2 rings (SSSR count). The molecule has 0 saturated carbocycles. The van der Waals surface area contributed by atoms with Gasteiger partial charge >= 0.3 is 5.97 Å². The predicted octanol–water partition coefficient (Wildman–Crippen LogP) is 2.99. The van der Waals surface area contributed by atoms with Crippen molar-refractivity contribution in [1.29, 1.82) is 0 Å². The Labute approximate surface area is 123 Å². The maximum atomic E-state index is 11.5. The molecule has 1 heterocycles. The second-order valence-electron chi connectivity index (χ2n) is 5.43. The number of hydrogen-bond acceptors (Lipinski definition) is 4. The molecule has 2 unspecified atom stereocenters. The number of carbonyl (C=O) groups is 1. The molecule has 0 aromatic heterocycles. The van der Waals surface area contributed by atoms with Gasteiger partial charge in [-0.2, -0.15) is 0 Å². The summed E-state index contributed by atoms with van der Waals surface area (Å²) < 4.78 is 0. The van der Waals surface area contributed by atoms with Crippen LogP contribution in [0.25, 0.3) is 0 Å². The minimum Gasteiger partial charge on any atom is -0.480 e. The Bertz CT molecular complexity index is 532. The van der Waals surface area contributed by atoms with Crippen LogP contribution in [0.4, 0.5) is 5.69 Å². The Morgan fingerprint density at radius 2 is 2.10 bits per heavy atom. The highest BCUT2D eigenvalue weighted by Crippen LogP contribution is 2.32. The van der Waals surface area contributed by atoms with Crippen LogP contribution in [-0.2, 0) is 4.79 Å². The predicted molar refractivity (Wildman–Crippen MR) is 78.1 cm³/mol. The topological polar surface area (TPSA) is 83.7 Å². The lowest BCUT2D eigenvalue weighted by atomic mass is 10.0. The molecule has 1 aromatic rings. The van der Waals surface area contributed by atoms with E-state index in [1.54, 1.807) is 18.2 Å². The van der Waals surface area contributed by atoms with Crippen molar-refractivity contribution in [2.45, 2.75) is 44.7 Å². The maximum absolute atomic E-state index is 11.5. The van der Waals surface area contributed by atoms with Gasteiger partial charge in [0.15, 0.2) is 0 Å². The Hall–Kier alpha value is -1.95. The van der Waals surface area contributed by atoms with E-state index in [1.165, 1.54) is 6.07 Å². The summed E-state index contributed by atoms with van der Waals surface area (Å²) in [5, 5.41) is 20.6. The number of rotatable bonds is 4. The molecule has 114 valence electrons. The summed E-state index contributed by atoms with van der Waals surface area (Å²) in [6, 6.07) is 5.72. The van der Waals surface area contributed by atoms with Gasteiger partial charge in [0.25, 0.3) is 5.69 Å². The molecule has 0 radical (unpaired) electrons. The summed E-state index contributed by atoms with van der Waals surface area (Å²) in [4.78, 5) is 24.1. The zero-order chi connectivity index (χ0) is 15.4. The van der Waals surface area contributed by atoms with Crippen LogP contribution in [-0.4, -0.2) is 33.5 Å². The van der Waals surface area contributed by atoms with Crippen LogP contribution in [0.2, 0.25) is 0 Å². The smallest absolute Gasteiger partial charge is 0.320 e. The largest absolute Gasteiger partial charge is 0.480 e. The van der Waals surface area contributed by atoms with Crippen LogP contribution in [0.15, 0.2) is 24.3 Å². The number of nitro groups is 1. The average Bonchev–Trinajstić information content (AvgIpc) is 2.72. The summed E-state index contributed by atoms with van der Waals surface area (Å²) in [5.74, 6) is -0.845. The fourth-order valence-electron chi connectivity index (χ4n) is 3.05. The number of carboxylic acids is 1. The average molecular weight is 292 g/mol. The lowest BCUT2D eigenvalue weighted by Crippen LogP contribution is -2.42. The molecule has 1 aliphatic rings. The van der Waals surface area contributed by atoms with E-state index in [9.17, 15) is 20.0 Å². The molecular weight excluding hydrogens is 272 g/mol. The summed E-state index contributed by atoms with van der Waals surface area (Å²) in [7, 11) is 0. The number of benzene rings is 1. The third kappa shape index (κ3) is 3.39. The quantitative estimate of drug-likeness (QED) is 0.681. The van der Waals surface area contributed by atoms with E-state index in [0.29, 0.717) is 18.5 Å². The van der Waals surface area contributed by atoms with Crippen molar-refractivity contribution in [3.63, 3.8) is 0 Å². The summed E-state index contributed by atoms with van der Waals surface area (Å²) in [6.45, 7) is 2.51. The summed E-state index contributed by atoms with van der Waals surface area (Å²) in [6.07, 6.45) is 3.41. The van der Waals surface area contributed by atoms with E-state index in [2.05, 4.69) is 0 Å². The van der Waals surface area contributed by atoms with E-state index in [-0.39, 0.29) is 11.7 Å². The first kappa shape index (κ1) is 15.4. The Morgan fingerprint density at radius 3 is 2.76 bits per heavy atom. The zero-order valence-corrected chi connectivity index (χ0v) is 12.1. The van der Waals surface area contributed by atoms with Crippen LogP contribution in [0.5, 0.6) is 0 Å². The Balaban J connectivity index is 2.34. The van der Waals surface area contributed by atoms with Gasteiger partial charge in [-0.3, -0.25) is 19.8 Å². The van der Waals surface area contributed by atoms with Gasteiger partial charge < -0.3 is 5.11 Å². The standard InChI is InChI=1S/C15H20N2O4/c1-11(12-7-4-5-8-13(12)17(20)21)16-10-6-2-3-9-14(16)15(18)19/h4-5,7-8,11,14H,2-3,6,9-10H2,1H3,(H,18,19). The van der Waals surface area contributed by atoms with Gasteiger partial charge in [-0.25, -0.2) is 0 Å². The highest BCUT2D eigenvalue weighted by atomic mass is 16.6. The van der Waals surface area contributed by atoms with E-state index < -0.39 is 16.9 Å². The van der Waals surface area contributed by atoms with Crippen LogP contribution >= 0.6 is 0 Å². The van der Waals surface area contributed by atoms with Gasteiger partial charge in [-0.1, -0.05) is 31.0 Å². The molecule has 1 saturated heterocycles. The maximum Gasteiger partial charge on any atom is 0.320 e. The summed E-state index contributed by atoms with van der Waals surface area (Å²) >= 11 is 0. The van der Waals surface area contributed by atoms with Crippen molar-refractivity contribution in [2.24, 2.45) is 0 Å². The van der Waals surface area contributed by atoms with Crippen molar-refractivity contribution < 1.29 is 14.8 Å². The van der Waals surface area contributed by atoms with Crippen LogP contribution in [0.3, 0.4) is 0 Å². The van der Waals surface area contributed by atoms with E-state index in [4.69, 9.17) is 0 Å². The second kappa shape index (κ2) is 6.67. The number of nitrogens with zero attached hydrogens (tertiary/aromatic N) is 2. The highest BCUT2D eigenvalue weighted by Gasteiger charge is 2.33. The molecule has 6 nitrogen and oxygen atoms in total. The molecule has 1 N–H and O–H groups in total. The molecular formula is C15H20N2O4. The highest BCUT2D eigenvalue weighted by molar-refractivity contribution is 5.73. The van der Waals surface area contributed by atoms with Crippen molar-refractivity contribution in [3.8, 4) is 0 Å². The second-order valence-corrected chi connectivity index (χ2v) is 5.43. The number of likely N-dealkylation sites (tertiary alicyclic amines) is 1. The SMILES string of the molecule is CC(c1ccccc1[N+](=O)[O-])N1CCCCCC1C(=O)O. The molecule has 0 spiro atoms. The zero-order valence-electron chi connectivity index (χ0n) is 12.1. The number of nitro benzene ring substituents is 1. The van der Waals surface area contributed by atoms with E-state index >= 15 is 0 Å². The first-order chi connectivity index (χ1) is 10.0. The molecule has 1 aliphatic heterocycles. The number of para-hydroxylation sites is 1. The number of aliphatic carboxylic acids is 1. The monoisotopic (exact) mass is 292 g/mol. The molecule has 0 amide bonds. The van der Waals surface area contributed by atoms with Gasteiger partial charge in [-0.15, -0.1) is 0 Å². The van der Waals surface area contributed by atoms with Crippen molar-refractivity contribution in [2.75, 3.05) is 6.54 Å². The third-order valence-electron chi connectivity index (χ3n) is 4.16. The lowest BCUT2D eigenvalue weighted by molar-refractivity contribution is -0.386. The normalized spacial score (nSPS) is 21.5. The van der Waals surface area contributed by atoms with Crippen LogP contribution in [0.1, 0.15) is 44.2 Å². The lowest BCUT2D eigenvalue weighted by Gasteiger charge is -2.32. The Kier molecular flexibility index (Phi) is 4.90. The van der Waals surface area contributed by atoms with E-state index in [0.717, 1.165) is 19.3 Å². The minimum absolute atomic E-state index is 0.0541. The van der Waals surface area contributed by atoms with Gasteiger partial charge in [0.1, 0.15) is 6.04 Å². The fraction of sp³-hybridized carbons (Fsp3) is 0.533. The van der Waals surface area contributed by atoms with Crippen LogP contribution in [0, 0.1) is 10.1 Å². The van der Waals surface area contributed by atoms with Gasteiger partial charge in [0.2, 0.25) is 0 Å². The number of carboxylic acid groups (broad SMARTS) is 1. The van der Waals surface area contributed by atoms with E-state index in [1.807, 2.05) is 11.8 Å². The van der Waals surface area contributed by atoms with Crippen LogP contribution < -0.4 is 0 Å². The number of hydrogen-bond donors (Lipinski definition) is 1. The Morgan fingerprint density at radius 1 is 1.38 bits per heavy atom. The van der Waals surface area contributed by atoms with Gasteiger partial charge in [-0.05, 0) is 26.3 Å². The molecule has 1 fully saturated rings. The van der Waals surface area contributed by atoms with Gasteiger partial charge in [0, 0.05) is 17.7 Å². The first-order valence-electron chi connectivity index (χ1n) is 7.24. The first-order valence-corrected chi connectivity index (χ1v) is 7.24. The summed E-state index contributed by atoms with van der Waals surface area (Å²) in [5.41, 5.74) is 0.633. The fourth-order valence-corrected chi connectivity index (χ4v) is 3.05. The van der Waals surface area contributed by atoms with Crippen molar-refractivity contribution in [1.82, 2.24) is 4.90 Å². The molecule has 2 atom stereocenters. The third-order valence-corrected chi connectivity index (χ3v) is 4.16. The molecule has 0 bridgehead atoms. The molecule has 1 aromatic carbocycles. The molecule has 6 heteroatoms. The minimum atomic E-state index is -0.845. The van der Waals surface area contributed by atoms with Gasteiger partial charge in [0.05, 0.1) is 4.92 Å². The van der Waals surface area contributed by atoms with Crippen molar-refractivity contribution >= 4 is 11.7 Å².